The van der Waals surface area contributed by atoms with Crippen LogP contribution in [0.5, 0.6) is 0 Å². The van der Waals surface area contributed by atoms with E-state index in [0.29, 0.717) is 0 Å². The Morgan fingerprint density at radius 2 is 1.80 bits per heavy atom. The van der Waals surface area contributed by atoms with Crippen LogP contribution in [0.1, 0.15) is 33.5 Å². The number of carbonyl (C=O) groups excluding carboxylic acids is 1. The topological polar surface area (TPSA) is 63.6 Å². The monoisotopic (exact) mass is 222 g/mol. The molecule has 80 valence electrons. The van der Waals surface area contributed by atoms with Gasteiger partial charge in [-0.25, -0.2) is 9.59 Å². The van der Waals surface area contributed by atoms with Crippen molar-refractivity contribution in [1.29, 1.82) is 0 Å². The molecular weight excluding hydrogens is 207 g/mol. The van der Waals surface area contributed by atoms with Gasteiger partial charge in [-0.1, -0.05) is 6.42 Å². The molecule has 1 aliphatic carbocycles. The van der Waals surface area contributed by atoms with Gasteiger partial charge >= 0.3 is 41.5 Å². The van der Waals surface area contributed by atoms with Crippen molar-refractivity contribution < 1.29 is 50.4 Å². The van der Waals surface area contributed by atoms with Gasteiger partial charge in [0.15, 0.2) is 0 Å². The van der Waals surface area contributed by atoms with E-state index in [1.807, 2.05) is 0 Å². The van der Waals surface area contributed by atoms with Crippen molar-refractivity contribution in [3.63, 3.8) is 0 Å². The molecule has 1 aliphatic rings. The number of esters is 1. The van der Waals surface area contributed by atoms with Crippen molar-refractivity contribution in [2.24, 2.45) is 0 Å². The van der Waals surface area contributed by atoms with Gasteiger partial charge in [-0.05, 0) is 25.7 Å². The Morgan fingerprint density at radius 3 is 2.33 bits per heavy atom. The van der Waals surface area contributed by atoms with Gasteiger partial charge < -0.3 is 11.3 Å². The Bertz CT molecular complexity index is 249. The summed E-state index contributed by atoms with van der Waals surface area (Å²) in [5.74, 6) is -1.69. The summed E-state index contributed by atoms with van der Waals surface area (Å²) in [6, 6.07) is 0. The van der Waals surface area contributed by atoms with Gasteiger partial charge in [0.05, 0.1) is 0 Å². The van der Waals surface area contributed by atoms with Crippen LogP contribution in [0.4, 0.5) is 0 Å². The second-order valence-electron chi connectivity index (χ2n) is 3.37. The first-order valence-electron chi connectivity index (χ1n) is 4.80. The molecular formula is C10H15NaO4. The van der Waals surface area contributed by atoms with E-state index in [-0.39, 0.29) is 37.1 Å². The number of ether oxygens (including phenoxy) is 1. The third-order valence-electron chi connectivity index (χ3n) is 2.20. The van der Waals surface area contributed by atoms with E-state index >= 15 is 0 Å². The van der Waals surface area contributed by atoms with Gasteiger partial charge in [-0.3, -0.25) is 0 Å². The summed E-state index contributed by atoms with van der Waals surface area (Å²) < 4.78 is 5.05. The van der Waals surface area contributed by atoms with Crippen LogP contribution >= 0.6 is 0 Å². The van der Waals surface area contributed by atoms with E-state index in [4.69, 9.17) is 9.84 Å². The zero-order valence-corrected chi connectivity index (χ0v) is 10.9. The number of aliphatic carboxylic acids is 1. The van der Waals surface area contributed by atoms with Gasteiger partial charge in [-0.15, -0.1) is 0 Å². The second kappa shape index (κ2) is 7.91. The maximum absolute atomic E-state index is 11.0. The SMILES string of the molecule is O=C(O)/C=C\C(=O)OC1CCCCC1.[H-].[Na+]. The average Bonchev–Trinajstić information content (AvgIpc) is 2.16. The summed E-state index contributed by atoms with van der Waals surface area (Å²) in [5, 5.41) is 8.27. The standard InChI is InChI=1S/C10H14O4.Na.H/c11-9(12)6-7-10(13)14-8-4-2-1-3-5-8;;/h6-8H,1-5H2,(H,11,12);;/q;+1;-1/b7-6-;;. The molecule has 0 bridgehead atoms. The Morgan fingerprint density at radius 1 is 1.20 bits per heavy atom. The molecule has 0 radical (unpaired) electrons. The maximum atomic E-state index is 11.0. The molecule has 0 spiro atoms. The average molecular weight is 222 g/mol. The van der Waals surface area contributed by atoms with Crippen molar-refractivity contribution in [2.45, 2.75) is 38.2 Å². The first kappa shape index (κ1) is 14.7. The summed E-state index contributed by atoms with van der Waals surface area (Å²) in [6.45, 7) is 0. The fraction of sp³-hybridized carbons (Fsp3) is 0.600. The number of hydrogen-bond donors (Lipinski definition) is 1. The van der Waals surface area contributed by atoms with Crippen LogP contribution in [0.15, 0.2) is 12.2 Å². The molecule has 1 fully saturated rings. The van der Waals surface area contributed by atoms with Crippen LogP contribution in [-0.2, 0) is 14.3 Å². The fourth-order valence-electron chi connectivity index (χ4n) is 1.53. The van der Waals surface area contributed by atoms with Crippen LogP contribution < -0.4 is 29.6 Å². The number of carboxylic acid groups (broad SMARTS) is 1. The molecule has 4 nitrogen and oxygen atoms in total. The van der Waals surface area contributed by atoms with E-state index in [9.17, 15) is 9.59 Å². The van der Waals surface area contributed by atoms with Crippen molar-refractivity contribution in [1.82, 2.24) is 0 Å². The number of carboxylic acids is 1. The Kier molecular flexibility index (Phi) is 7.74. The molecule has 1 saturated carbocycles. The van der Waals surface area contributed by atoms with Gasteiger partial charge in [0.1, 0.15) is 6.10 Å². The maximum Gasteiger partial charge on any atom is 1.00 e. The van der Waals surface area contributed by atoms with Gasteiger partial charge in [0, 0.05) is 12.2 Å². The number of carbonyl (C=O) groups is 2. The first-order chi connectivity index (χ1) is 6.68. The number of rotatable bonds is 3. The second-order valence-corrected chi connectivity index (χ2v) is 3.37. The minimum absolute atomic E-state index is 0. The van der Waals surface area contributed by atoms with E-state index < -0.39 is 11.9 Å². The smallest absolute Gasteiger partial charge is 1.00 e. The molecule has 0 aliphatic heterocycles. The number of hydrogen-bond acceptors (Lipinski definition) is 3. The molecule has 0 aromatic rings. The normalized spacial score (nSPS) is 17.1. The third-order valence-corrected chi connectivity index (χ3v) is 2.20. The molecule has 0 aromatic heterocycles. The zero-order valence-electron chi connectivity index (χ0n) is 9.94. The molecule has 15 heavy (non-hydrogen) atoms. The van der Waals surface area contributed by atoms with E-state index in [0.717, 1.165) is 37.8 Å². The summed E-state index contributed by atoms with van der Waals surface area (Å²) in [7, 11) is 0. The van der Waals surface area contributed by atoms with Gasteiger partial charge in [-0.2, -0.15) is 0 Å². The summed E-state index contributed by atoms with van der Waals surface area (Å²) >= 11 is 0. The van der Waals surface area contributed by atoms with Crippen LogP contribution in [0.2, 0.25) is 0 Å². The molecule has 0 heterocycles. The molecule has 0 amide bonds. The predicted octanol–water partition coefficient (Wildman–Crippen LogP) is -1.38. The van der Waals surface area contributed by atoms with Crippen LogP contribution in [0.25, 0.3) is 0 Å². The summed E-state index contributed by atoms with van der Waals surface area (Å²) in [5.41, 5.74) is 0. The van der Waals surface area contributed by atoms with Crippen LogP contribution in [0, 0.1) is 0 Å². The molecule has 0 unspecified atom stereocenters. The third kappa shape index (κ3) is 6.71. The summed E-state index contributed by atoms with van der Waals surface area (Å²) in [6.07, 6.45) is 6.89. The minimum atomic E-state index is -1.13. The molecule has 0 atom stereocenters. The fourth-order valence-corrected chi connectivity index (χ4v) is 1.53. The molecule has 0 saturated heterocycles. The van der Waals surface area contributed by atoms with Crippen molar-refractivity contribution in [2.75, 3.05) is 0 Å². The van der Waals surface area contributed by atoms with Crippen LogP contribution in [0.3, 0.4) is 0 Å². The van der Waals surface area contributed by atoms with Crippen molar-refractivity contribution >= 4 is 11.9 Å². The molecule has 0 aromatic carbocycles. The molecule has 1 N–H and O–H groups in total. The Labute approximate surface area is 112 Å². The first-order valence-corrected chi connectivity index (χ1v) is 4.80. The van der Waals surface area contributed by atoms with E-state index in [1.54, 1.807) is 0 Å². The van der Waals surface area contributed by atoms with Crippen molar-refractivity contribution in [3.05, 3.63) is 12.2 Å². The Balaban J connectivity index is 0. The van der Waals surface area contributed by atoms with Gasteiger partial charge in [0.2, 0.25) is 0 Å². The summed E-state index contributed by atoms with van der Waals surface area (Å²) in [4.78, 5) is 21.1. The quantitative estimate of drug-likeness (QED) is 0.363. The zero-order chi connectivity index (χ0) is 10.4. The molecule has 5 heteroatoms. The van der Waals surface area contributed by atoms with Crippen LogP contribution in [-0.4, -0.2) is 23.1 Å². The molecule has 1 rings (SSSR count). The van der Waals surface area contributed by atoms with E-state index in [1.165, 1.54) is 6.42 Å². The predicted molar refractivity (Wildman–Crippen MR) is 50.9 cm³/mol. The Hall–Kier alpha value is -0.320. The minimum Gasteiger partial charge on any atom is -1.00 e. The van der Waals surface area contributed by atoms with Crippen molar-refractivity contribution in [3.8, 4) is 0 Å². The van der Waals surface area contributed by atoms with Gasteiger partial charge in [0.25, 0.3) is 0 Å². The largest absolute Gasteiger partial charge is 1.00 e. The van der Waals surface area contributed by atoms with E-state index in [2.05, 4.69) is 0 Å².